The molecule has 0 saturated heterocycles. The number of carbonyl (C=O) groups excluding carboxylic acids is 1. The van der Waals surface area contributed by atoms with E-state index in [1.807, 2.05) is 0 Å². The second-order valence-electron chi connectivity index (χ2n) is 3.88. The van der Waals surface area contributed by atoms with Crippen LogP contribution in [0.1, 0.15) is 0 Å². The molecule has 1 aromatic carbocycles. The van der Waals surface area contributed by atoms with Gasteiger partial charge in [0.2, 0.25) is 5.76 Å². The Morgan fingerprint density at radius 2 is 2.10 bits per heavy atom. The van der Waals surface area contributed by atoms with Gasteiger partial charge in [-0.3, -0.25) is 10.1 Å². The van der Waals surface area contributed by atoms with Crippen molar-refractivity contribution in [2.45, 2.75) is 0 Å². The van der Waals surface area contributed by atoms with Crippen molar-refractivity contribution in [3.63, 3.8) is 0 Å². The van der Waals surface area contributed by atoms with Gasteiger partial charge in [-0.25, -0.2) is 4.98 Å². The van der Waals surface area contributed by atoms with E-state index in [4.69, 9.17) is 32.7 Å². The molecule has 104 valence electrons. The largest absolute Gasteiger partial charge is 0.494 e. The fraction of sp³-hybridized carbons (Fsp3) is 0.167. The van der Waals surface area contributed by atoms with Crippen LogP contribution in [0.4, 0.5) is 5.13 Å². The van der Waals surface area contributed by atoms with Gasteiger partial charge in [0.1, 0.15) is 25.0 Å². The van der Waals surface area contributed by atoms with Gasteiger partial charge in [0.05, 0.1) is 14.7 Å². The Hall–Kier alpha value is -1.50. The summed E-state index contributed by atoms with van der Waals surface area (Å²) in [4.78, 5) is 16.2. The number of amides is 1. The minimum absolute atomic E-state index is 0.118. The summed E-state index contributed by atoms with van der Waals surface area (Å²) in [5.41, 5.74) is 0.564. The van der Waals surface area contributed by atoms with Crippen molar-refractivity contribution < 1.29 is 14.3 Å². The zero-order valence-corrected chi connectivity index (χ0v) is 12.3. The van der Waals surface area contributed by atoms with E-state index in [9.17, 15) is 4.79 Å². The highest BCUT2D eigenvalue weighted by Gasteiger charge is 2.18. The molecule has 1 aliphatic heterocycles. The summed E-state index contributed by atoms with van der Waals surface area (Å²) in [5, 5.41) is 4.06. The molecule has 0 aliphatic carbocycles. The zero-order chi connectivity index (χ0) is 14.1. The Bertz CT molecular complexity index is 675. The number of carbonyl (C=O) groups is 1. The Morgan fingerprint density at radius 3 is 2.80 bits per heavy atom. The van der Waals surface area contributed by atoms with Crippen molar-refractivity contribution in [1.29, 1.82) is 0 Å². The summed E-state index contributed by atoms with van der Waals surface area (Å²) in [6, 6.07) is 3.36. The first-order valence-corrected chi connectivity index (χ1v) is 7.23. The van der Waals surface area contributed by atoms with Crippen LogP contribution in [0.25, 0.3) is 10.2 Å². The number of aromatic nitrogens is 1. The fourth-order valence-corrected chi connectivity index (χ4v) is 3.06. The minimum atomic E-state index is -0.420. The SMILES string of the molecule is O=C(Nc1nc2c(Cl)ccc(Cl)c2s1)C1=COCCO1. The molecule has 2 aromatic rings. The van der Waals surface area contributed by atoms with Gasteiger partial charge >= 0.3 is 0 Å². The van der Waals surface area contributed by atoms with Crippen molar-refractivity contribution in [3.05, 3.63) is 34.2 Å². The first-order chi connectivity index (χ1) is 9.65. The lowest BCUT2D eigenvalue weighted by Gasteiger charge is -2.14. The summed E-state index contributed by atoms with van der Waals surface area (Å²) in [6.07, 6.45) is 1.28. The van der Waals surface area contributed by atoms with Crippen molar-refractivity contribution in [3.8, 4) is 0 Å². The number of benzene rings is 1. The Morgan fingerprint density at radius 1 is 1.30 bits per heavy atom. The maximum Gasteiger partial charge on any atom is 0.295 e. The molecule has 0 radical (unpaired) electrons. The molecule has 8 heteroatoms. The van der Waals surface area contributed by atoms with Gasteiger partial charge < -0.3 is 9.47 Å². The summed E-state index contributed by atoms with van der Waals surface area (Å²) in [7, 11) is 0. The van der Waals surface area contributed by atoms with Crippen LogP contribution in [0, 0.1) is 0 Å². The van der Waals surface area contributed by atoms with Crippen LogP contribution in [0.3, 0.4) is 0 Å². The molecule has 1 N–H and O–H groups in total. The van der Waals surface area contributed by atoms with E-state index in [0.717, 1.165) is 4.70 Å². The number of hydrogen-bond acceptors (Lipinski definition) is 5. The number of anilines is 1. The second-order valence-corrected chi connectivity index (χ2v) is 5.69. The standard InChI is InChI=1S/C12H8Cl2N2O3S/c13-6-1-2-7(14)10-9(6)15-12(20-10)16-11(17)8-5-18-3-4-19-8/h1-2,5H,3-4H2,(H,15,16,17). The van der Waals surface area contributed by atoms with E-state index in [2.05, 4.69) is 10.3 Å². The first kappa shape index (κ1) is 13.5. The molecule has 3 rings (SSSR count). The number of halogens is 2. The third-order valence-electron chi connectivity index (χ3n) is 2.54. The molecule has 1 aliphatic rings. The summed E-state index contributed by atoms with van der Waals surface area (Å²) in [5.74, 6) is -0.302. The number of fused-ring (bicyclic) bond motifs is 1. The van der Waals surface area contributed by atoms with Crippen LogP contribution < -0.4 is 5.32 Å². The number of rotatable bonds is 2. The van der Waals surface area contributed by atoms with E-state index >= 15 is 0 Å². The molecule has 0 unspecified atom stereocenters. The van der Waals surface area contributed by atoms with Crippen molar-refractivity contribution >= 4 is 55.8 Å². The molecule has 20 heavy (non-hydrogen) atoms. The molecule has 0 fully saturated rings. The van der Waals surface area contributed by atoms with Gasteiger partial charge in [-0.15, -0.1) is 0 Å². The third kappa shape index (κ3) is 2.54. The van der Waals surface area contributed by atoms with Crippen molar-refractivity contribution in [2.75, 3.05) is 18.5 Å². The maximum absolute atomic E-state index is 11.9. The fourth-order valence-electron chi connectivity index (χ4n) is 1.64. The van der Waals surface area contributed by atoms with Gasteiger partial charge in [-0.1, -0.05) is 34.5 Å². The highest BCUT2D eigenvalue weighted by molar-refractivity contribution is 7.23. The number of thiazole rings is 1. The smallest absolute Gasteiger partial charge is 0.295 e. The second kappa shape index (κ2) is 5.47. The predicted octanol–water partition coefficient (Wildman–Crippen LogP) is 3.43. The van der Waals surface area contributed by atoms with Gasteiger partial charge in [0.15, 0.2) is 5.13 Å². The molecule has 0 atom stereocenters. The molecule has 0 saturated carbocycles. The van der Waals surface area contributed by atoms with E-state index in [-0.39, 0.29) is 5.76 Å². The molecule has 2 heterocycles. The zero-order valence-electron chi connectivity index (χ0n) is 9.98. The van der Waals surface area contributed by atoms with Crippen LogP contribution in [0.5, 0.6) is 0 Å². The van der Waals surface area contributed by atoms with Gasteiger partial charge in [0, 0.05) is 0 Å². The van der Waals surface area contributed by atoms with Crippen LogP contribution in [-0.2, 0) is 14.3 Å². The topological polar surface area (TPSA) is 60.5 Å². The first-order valence-electron chi connectivity index (χ1n) is 5.65. The van der Waals surface area contributed by atoms with E-state index in [1.54, 1.807) is 12.1 Å². The highest BCUT2D eigenvalue weighted by atomic mass is 35.5. The highest BCUT2D eigenvalue weighted by Crippen LogP contribution is 2.36. The predicted molar refractivity (Wildman–Crippen MR) is 78.3 cm³/mol. The quantitative estimate of drug-likeness (QED) is 0.916. The van der Waals surface area contributed by atoms with Gasteiger partial charge in [0.25, 0.3) is 5.91 Å². The molecule has 1 amide bonds. The third-order valence-corrected chi connectivity index (χ3v) is 4.28. The van der Waals surface area contributed by atoms with Crippen LogP contribution in [0.2, 0.25) is 10.0 Å². The summed E-state index contributed by atoms with van der Waals surface area (Å²) in [6.45, 7) is 0.778. The van der Waals surface area contributed by atoms with Crippen LogP contribution in [-0.4, -0.2) is 24.1 Å². The van der Waals surface area contributed by atoms with Crippen molar-refractivity contribution in [2.24, 2.45) is 0 Å². The molecule has 0 bridgehead atoms. The lowest BCUT2D eigenvalue weighted by Crippen LogP contribution is -2.20. The average molecular weight is 331 g/mol. The van der Waals surface area contributed by atoms with Gasteiger partial charge in [-0.2, -0.15) is 0 Å². The average Bonchev–Trinajstić information content (AvgIpc) is 2.89. The number of ether oxygens (including phenoxy) is 2. The maximum atomic E-state index is 11.9. The van der Waals surface area contributed by atoms with E-state index in [0.29, 0.717) is 33.9 Å². The molecular formula is C12H8Cl2N2O3S. The molecule has 0 spiro atoms. The monoisotopic (exact) mass is 330 g/mol. The lowest BCUT2D eigenvalue weighted by molar-refractivity contribution is -0.117. The van der Waals surface area contributed by atoms with Crippen LogP contribution in [0.15, 0.2) is 24.2 Å². The van der Waals surface area contributed by atoms with E-state index in [1.165, 1.54) is 17.6 Å². The normalized spacial score (nSPS) is 14.4. The summed E-state index contributed by atoms with van der Waals surface area (Å²) >= 11 is 13.4. The molecule has 5 nitrogen and oxygen atoms in total. The number of nitrogens with zero attached hydrogens (tertiary/aromatic N) is 1. The molecular weight excluding hydrogens is 323 g/mol. The van der Waals surface area contributed by atoms with E-state index < -0.39 is 5.91 Å². The Labute approximate surface area is 128 Å². The number of hydrogen-bond donors (Lipinski definition) is 1. The van der Waals surface area contributed by atoms with Crippen LogP contribution >= 0.6 is 34.5 Å². The Kier molecular flexibility index (Phi) is 3.69. The minimum Gasteiger partial charge on any atom is -0.494 e. The Balaban J connectivity index is 1.88. The van der Waals surface area contributed by atoms with Gasteiger partial charge in [-0.05, 0) is 12.1 Å². The molecule has 1 aromatic heterocycles. The summed E-state index contributed by atoms with van der Waals surface area (Å²) < 4.78 is 10.9. The number of nitrogens with one attached hydrogen (secondary N) is 1. The van der Waals surface area contributed by atoms with Crippen molar-refractivity contribution in [1.82, 2.24) is 4.98 Å². The lowest BCUT2D eigenvalue weighted by atomic mass is 10.3.